The highest BCUT2D eigenvalue weighted by atomic mass is 28.3. The van der Waals surface area contributed by atoms with Crippen molar-refractivity contribution in [2.45, 2.75) is 64.5 Å². The fourth-order valence-electron chi connectivity index (χ4n) is 4.01. The topological polar surface area (TPSA) is 9.23 Å². The Bertz CT molecular complexity index is 577. The van der Waals surface area contributed by atoms with Crippen LogP contribution in [0.4, 0.5) is 0 Å². The minimum Gasteiger partial charge on any atom is -0.381 e. The number of hydrogen-bond acceptors (Lipinski definition) is 1. The Kier molecular flexibility index (Phi) is 6.89. The summed E-state index contributed by atoms with van der Waals surface area (Å²) in [7, 11) is -1.34. The average Bonchev–Trinajstić information content (AvgIpc) is 2.66. The van der Waals surface area contributed by atoms with E-state index in [9.17, 15) is 0 Å². The zero-order valence-electron chi connectivity index (χ0n) is 15.8. The van der Waals surface area contributed by atoms with E-state index in [2.05, 4.69) is 62.4 Å². The first-order valence-corrected chi connectivity index (χ1v) is 11.9. The molecule has 1 saturated heterocycles. The predicted octanol–water partition coefficient (Wildman–Crippen LogP) is 4.04. The van der Waals surface area contributed by atoms with Crippen LogP contribution < -0.4 is 10.4 Å². The van der Waals surface area contributed by atoms with Crippen LogP contribution in [0.1, 0.15) is 57.1 Å². The summed E-state index contributed by atoms with van der Waals surface area (Å²) in [5, 5.41) is 3.07. The van der Waals surface area contributed by atoms with E-state index < -0.39 is 8.80 Å². The lowest BCUT2D eigenvalue weighted by Crippen LogP contribution is -2.53. The third-order valence-electron chi connectivity index (χ3n) is 5.34. The van der Waals surface area contributed by atoms with Gasteiger partial charge in [0.05, 0.1) is 5.73 Å². The van der Waals surface area contributed by atoms with Gasteiger partial charge in [-0.05, 0) is 43.2 Å². The second-order valence-corrected chi connectivity index (χ2v) is 10.4. The van der Waals surface area contributed by atoms with Gasteiger partial charge in [0, 0.05) is 6.61 Å². The van der Waals surface area contributed by atoms with E-state index in [-0.39, 0.29) is 0 Å². The highest BCUT2D eigenvalue weighted by molar-refractivity contribution is 6.86. The Morgan fingerprint density at radius 3 is 1.72 bits per heavy atom. The van der Waals surface area contributed by atoms with Crippen LogP contribution in [0.3, 0.4) is 0 Å². The molecule has 0 saturated carbocycles. The summed E-state index contributed by atoms with van der Waals surface area (Å²) < 4.78 is 6.27. The monoisotopic (exact) mass is 352 g/mol. The standard InChI is InChI=1S/C23H32OSi/c1-3-7-19-10-14-21(15-11-19)25(23-9-5-6-18-24-23)22-16-12-20(8-4-2)13-17-22/h10-17,23,25H,3-9,18H2,1-2H3. The van der Waals surface area contributed by atoms with Crippen LogP contribution in [0.5, 0.6) is 0 Å². The van der Waals surface area contributed by atoms with E-state index in [1.54, 1.807) is 0 Å². The van der Waals surface area contributed by atoms with E-state index in [1.807, 2.05) is 0 Å². The number of hydrogen-bond donors (Lipinski definition) is 0. The molecule has 0 aromatic heterocycles. The molecule has 3 rings (SSSR count). The molecule has 0 aliphatic carbocycles. The van der Waals surface area contributed by atoms with Crippen molar-refractivity contribution in [1.82, 2.24) is 0 Å². The molecule has 2 aromatic carbocycles. The van der Waals surface area contributed by atoms with Gasteiger partial charge in [0.25, 0.3) is 0 Å². The predicted molar refractivity (Wildman–Crippen MR) is 111 cm³/mol. The minimum absolute atomic E-state index is 0.447. The maximum atomic E-state index is 6.27. The molecule has 2 aromatic rings. The van der Waals surface area contributed by atoms with Crippen molar-refractivity contribution < 1.29 is 4.74 Å². The van der Waals surface area contributed by atoms with Gasteiger partial charge < -0.3 is 4.74 Å². The summed E-state index contributed by atoms with van der Waals surface area (Å²) in [6, 6.07) is 18.9. The van der Waals surface area contributed by atoms with Gasteiger partial charge in [-0.3, -0.25) is 0 Å². The van der Waals surface area contributed by atoms with Gasteiger partial charge >= 0.3 is 0 Å². The maximum Gasteiger partial charge on any atom is 0.134 e. The highest BCUT2D eigenvalue weighted by Gasteiger charge is 2.29. The number of aryl methyl sites for hydroxylation is 2. The Morgan fingerprint density at radius 1 is 0.800 bits per heavy atom. The molecular weight excluding hydrogens is 320 g/mol. The fourth-order valence-corrected chi connectivity index (χ4v) is 7.37. The zero-order valence-corrected chi connectivity index (χ0v) is 17.0. The molecule has 1 nitrogen and oxygen atoms in total. The summed E-state index contributed by atoms with van der Waals surface area (Å²) in [6.45, 7) is 5.44. The second-order valence-electron chi connectivity index (χ2n) is 7.37. The van der Waals surface area contributed by atoms with Gasteiger partial charge in [-0.2, -0.15) is 0 Å². The highest BCUT2D eigenvalue weighted by Crippen LogP contribution is 2.16. The fraction of sp³-hybridized carbons (Fsp3) is 0.478. The molecule has 1 atom stereocenters. The van der Waals surface area contributed by atoms with E-state index in [0.29, 0.717) is 5.73 Å². The van der Waals surface area contributed by atoms with Crippen molar-refractivity contribution in [1.29, 1.82) is 0 Å². The van der Waals surface area contributed by atoms with Gasteiger partial charge in [0.1, 0.15) is 8.80 Å². The Labute approximate surface area is 155 Å². The molecule has 0 radical (unpaired) electrons. The molecular formula is C23H32OSi. The first kappa shape index (κ1) is 18.4. The quantitative estimate of drug-likeness (QED) is 0.683. The summed E-state index contributed by atoms with van der Waals surface area (Å²) in [4.78, 5) is 0. The van der Waals surface area contributed by atoms with Crippen molar-refractivity contribution in [3.05, 3.63) is 59.7 Å². The molecule has 25 heavy (non-hydrogen) atoms. The van der Waals surface area contributed by atoms with Crippen LogP contribution in [-0.2, 0) is 17.6 Å². The third-order valence-corrected chi connectivity index (χ3v) is 8.82. The molecule has 0 bridgehead atoms. The summed E-state index contributed by atoms with van der Waals surface area (Å²) in [5.41, 5.74) is 3.37. The first-order chi connectivity index (χ1) is 12.3. The summed E-state index contributed by atoms with van der Waals surface area (Å²) in [5.74, 6) is 0. The Balaban J connectivity index is 1.88. The lowest BCUT2D eigenvalue weighted by Gasteiger charge is -2.30. The third kappa shape index (κ3) is 4.83. The van der Waals surface area contributed by atoms with Crippen LogP contribution in [0.25, 0.3) is 0 Å². The Hall–Kier alpha value is -1.38. The van der Waals surface area contributed by atoms with Crippen LogP contribution >= 0.6 is 0 Å². The number of rotatable bonds is 7. The van der Waals surface area contributed by atoms with Crippen molar-refractivity contribution >= 4 is 19.2 Å². The second kappa shape index (κ2) is 9.35. The van der Waals surface area contributed by atoms with Gasteiger partial charge in [0.2, 0.25) is 0 Å². The van der Waals surface area contributed by atoms with Gasteiger partial charge in [-0.15, -0.1) is 0 Å². The summed E-state index contributed by atoms with van der Waals surface area (Å²) in [6.07, 6.45) is 8.55. The molecule has 0 amide bonds. The number of benzene rings is 2. The van der Waals surface area contributed by atoms with Crippen LogP contribution in [-0.4, -0.2) is 21.1 Å². The smallest absolute Gasteiger partial charge is 0.134 e. The SMILES string of the molecule is CCCc1ccc([SiH](c2ccc(CCC)cc2)C2CCCCO2)cc1. The lowest BCUT2D eigenvalue weighted by atomic mass is 10.1. The molecule has 1 aliphatic heterocycles. The van der Waals surface area contributed by atoms with E-state index in [0.717, 1.165) is 6.61 Å². The van der Waals surface area contributed by atoms with Crippen LogP contribution in [0.2, 0.25) is 0 Å². The molecule has 1 aliphatic rings. The molecule has 2 heteroatoms. The van der Waals surface area contributed by atoms with Crippen molar-refractivity contribution in [2.24, 2.45) is 0 Å². The minimum atomic E-state index is -1.34. The van der Waals surface area contributed by atoms with Crippen LogP contribution in [0, 0.1) is 0 Å². The first-order valence-electron chi connectivity index (χ1n) is 10.1. The number of ether oxygens (including phenoxy) is 1. The lowest BCUT2D eigenvalue weighted by molar-refractivity contribution is 0.0644. The molecule has 1 unspecified atom stereocenters. The molecule has 0 N–H and O–H groups in total. The largest absolute Gasteiger partial charge is 0.381 e. The molecule has 0 spiro atoms. The molecule has 134 valence electrons. The average molecular weight is 353 g/mol. The van der Waals surface area contributed by atoms with Gasteiger partial charge in [-0.25, -0.2) is 0 Å². The maximum absolute atomic E-state index is 6.27. The van der Waals surface area contributed by atoms with E-state index in [1.165, 1.54) is 66.4 Å². The normalized spacial score (nSPS) is 17.8. The summed E-state index contributed by atoms with van der Waals surface area (Å²) >= 11 is 0. The molecule has 1 heterocycles. The van der Waals surface area contributed by atoms with Crippen LogP contribution in [0.15, 0.2) is 48.5 Å². The van der Waals surface area contributed by atoms with E-state index in [4.69, 9.17) is 4.74 Å². The van der Waals surface area contributed by atoms with Crippen molar-refractivity contribution in [2.75, 3.05) is 6.61 Å². The Morgan fingerprint density at radius 2 is 1.32 bits per heavy atom. The zero-order chi connectivity index (χ0) is 17.5. The van der Waals surface area contributed by atoms with Crippen molar-refractivity contribution in [3.63, 3.8) is 0 Å². The molecule has 1 fully saturated rings. The van der Waals surface area contributed by atoms with Gasteiger partial charge in [-0.1, -0.05) is 85.6 Å². The van der Waals surface area contributed by atoms with E-state index >= 15 is 0 Å². The van der Waals surface area contributed by atoms with Gasteiger partial charge in [0.15, 0.2) is 0 Å². The van der Waals surface area contributed by atoms with Crippen molar-refractivity contribution in [3.8, 4) is 0 Å².